The van der Waals surface area contributed by atoms with E-state index in [-0.39, 0.29) is 23.5 Å². The molecule has 0 radical (unpaired) electrons. The first-order valence-electron chi connectivity index (χ1n) is 7.61. The molecule has 1 N–H and O–H groups in total. The minimum atomic E-state index is -0.996. The van der Waals surface area contributed by atoms with Crippen LogP contribution in [-0.4, -0.2) is 23.7 Å². The smallest absolute Gasteiger partial charge is 0.341 e. The van der Waals surface area contributed by atoms with Gasteiger partial charge in [0.05, 0.1) is 24.3 Å². The number of hydrogen-bond acceptors (Lipinski definition) is 5. The summed E-state index contributed by atoms with van der Waals surface area (Å²) >= 11 is 0. The van der Waals surface area contributed by atoms with Crippen LogP contribution in [0.5, 0.6) is 5.75 Å². The molecule has 0 saturated carbocycles. The average molecular weight is 344 g/mol. The molecule has 1 aliphatic carbocycles. The molecule has 2 atom stereocenters. The Balaban J connectivity index is 1.97. The van der Waals surface area contributed by atoms with Crippen LogP contribution >= 0.6 is 0 Å². The second kappa shape index (κ2) is 6.40. The van der Waals surface area contributed by atoms with Gasteiger partial charge in [0, 0.05) is 23.9 Å². The van der Waals surface area contributed by atoms with E-state index in [0.717, 1.165) is 12.2 Å². The maximum absolute atomic E-state index is 13.6. The van der Waals surface area contributed by atoms with Crippen LogP contribution in [0.1, 0.15) is 17.3 Å². The third kappa shape index (κ3) is 2.87. The van der Waals surface area contributed by atoms with E-state index in [1.165, 1.54) is 18.3 Å². The fraction of sp³-hybridized carbons (Fsp3) is 0.222. The Hall–Kier alpha value is -3.14. The largest absolute Gasteiger partial charge is 0.507 e. The van der Waals surface area contributed by atoms with E-state index in [0.29, 0.717) is 5.69 Å². The number of esters is 1. The summed E-state index contributed by atoms with van der Waals surface area (Å²) < 4.78 is 32.0. The number of carbonyl (C=O) groups excluding carboxylic acids is 1. The second-order valence-electron chi connectivity index (χ2n) is 5.57. The van der Waals surface area contributed by atoms with E-state index < -0.39 is 29.6 Å². The molecule has 0 amide bonds. The van der Waals surface area contributed by atoms with Crippen LogP contribution in [0.15, 0.2) is 53.8 Å². The van der Waals surface area contributed by atoms with Gasteiger partial charge in [0.1, 0.15) is 11.3 Å². The number of aromatic hydroxyl groups is 1. The first-order valence-corrected chi connectivity index (χ1v) is 7.61. The number of benzene rings is 1. The standard InChI is InChI=1S/C18H14F2N2O3/c1-2-25-18(24)12-4-3-11(5-17(12)23)22-9-10(8-21)13-6-14(19)15(20)7-16(13)22/h3-7,9,13,16,23H,2H2,1H3. The van der Waals surface area contributed by atoms with Crippen molar-refractivity contribution in [3.05, 3.63) is 59.3 Å². The van der Waals surface area contributed by atoms with Crippen molar-refractivity contribution in [2.45, 2.75) is 13.0 Å². The Bertz CT molecular complexity index is 868. The van der Waals surface area contributed by atoms with Crippen LogP contribution in [0.3, 0.4) is 0 Å². The van der Waals surface area contributed by atoms with Crippen molar-refractivity contribution < 1.29 is 23.4 Å². The predicted octanol–water partition coefficient (Wildman–Crippen LogP) is 3.50. The number of halogens is 2. The molecular formula is C18H14F2N2O3. The van der Waals surface area contributed by atoms with Crippen LogP contribution < -0.4 is 4.90 Å². The fourth-order valence-electron chi connectivity index (χ4n) is 2.93. The molecule has 5 nitrogen and oxygen atoms in total. The van der Waals surface area contributed by atoms with Crippen molar-refractivity contribution in [3.8, 4) is 11.8 Å². The van der Waals surface area contributed by atoms with Gasteiger partial charge in [0.2, 0.25) is 0 Å². The van der Waals surface area contributed by atoms with Crippen LogP contribution in [-0.2, 0) is 4.74 Å². The van der Waals surface area contributed by atoms with Gasteiger partial charge in [0.25, 0.3) is 0 Å². The Morgan fingerprint density at radius 2 is 2.08 bits per heavy atom. The summed E-state index contributed by atoms with van der Waals surface area (Å²) in [5.74, 6) is -3.56. The normalized spacial score (nSPS) is 21.7. The molecule has 0 spiro atoms. The van der Waals surface area contributed by atoms with Gasteiger partial charge >= 0.3 is 5.97 Å². The lowest BCUT2D eigenvalue weighted by atomic mass is 9.90. The molecule has 3 rings (SSSR count). The zero-order valence-corrected chi connectivity index (χ0v) is 13.2. The van der Waals surface area contributed by atoms with Crippen LogP contribution in [0.4, 0.5) is 14.5 Å². The number of allylic oxidation sites excluding steroid dienone is 2. The number of ether oxygens (including phenoxy) is 1. The van der Waals surface area contributed by atoms with E-state index in [1.54, 1.807) is 17.9 Å². The molecule has 1 aliphatic heterocycles. The molecular weight excluding hydrogens is 330 g/mol. The molecule has 128 valence electrons. The van der Waals surface area contributed by atoms with Crippen molar-refractivity contribution >= 4 is 11.7 Å². The Kier molecular flexibility index (Phi) is 4.28. The van der Waals surface area contributed by atoms with E-state index in [1.807, 2.05) is 6.07 Å². The zero-order chi connectivity index (χ0) is 18.1. The highest BCUT2D eigenvalue weighted by atomic mass is 19.2. The summed E-state index contributed by atoms with van der Waals surface area (Å²) in [6, 6.07) is 5.60. The minimum Gasteiger partial charge on any atom is -0.507 e. The molecule has 0 saturated heterocycles. The summed E-state index contributed by atoms with van der Waals surface area (Å²) in [4.78, 5) is 13.3. The lowest BCUT2D eigenvalue weighted by Gasteiger charge is -2.28. The first-order chi connectivity index (χ1) is 12.0. The third-order valence-corrected chi connectivity index (χ3v) is 4.10. The fourth-order valence-corrected chi connectivity index (χ4v) is 2.93. The highest BCUT2D eigenvalue weighted by Gasteiger charge is 2.37. The number of fused-ring (bicyclic) bond motifs is 1. The van der Waals surface area contributed by atoms with Crippen molar-refractivity contribution in [3.63, 3.8) is 0 Å². The number of nitriles is 1. The quantitative estimate of drug-likeness (QED) is 0.850. The van der Waals surface area contributed by atoms with Crippen LogP contribution in [0, 0.1) is 17.2 Å². The lowest BCUT2D eigenvalue weighted by Crippen LogP contribution is -2.31. The topological polar surface area (TPSA) is 73.6 Å². The summed E-state index contributed by atoms with van der Waals surface area (Å²) in [6.45, 7) is 1.82. The maximum Gasteiger partial charge on any atom is 0.341 e. The van der Waals surface area contributed by atoms with Gasteiger partial charge in [-0.1, -0.05) is 0 Å². The van der Waals surface area contributed by atoms with Crippen molar-refractivity contribution in [2.24, 2.45) is 5.92 Å². The van der Waals surface area contributed by atoms with Crippen LogP contribution in [0.25, 0.3) is 0 Å². The number of carbonyl (C=O) groups is 1. The van der Waals surface area contributed by atoms with E-state index in [2.05, 4.69) is 0 Å². The van der Waals surface area contributed by atoms with Gasteiger partial charge in [-0.15, -0.1) is 0 Å². The van der Waals surface area contributed by atoms with E-state index in [9.17, 15) is 23.9 Å². The van der Waals surface area contributed by atoms with Gasteiger partial charge in [-0.3, -0.25) is 0 Å². The Morgan fingerprint density at radius 3 is 2.72 bits per heavy atom. The molecule has 1 aromatic carbocycles. The summed E-state index contributed by atoms with van der Waals surface area (Å²) in [7, 11) is 0. The predicted molar refractivity (Wildman–Crippen MR) is 85.9 cm³/mol. The monoisotopic (exact) mass is 344 g/mol. The summed E-state index contributed by atoms with van der Waals surface area (Å²) in [5, 5.41) is 19.3. The highest BCUT2D eigenvalue weighted by molar-refractivity contribution is 5.93. The van der Waals surface area contributed by atoms with Crippen molar-refractivity contribution in [1.29, 1.82) is 5.26 Å². The lowest BCUT2D eigenvalue weighted by molar-refractivity contribution is 0.0523. The number of phenolic OH excluding ortho intramolecular Hbond substituents is 1. The molecule has 0 fully saturated rings. The highest BCUT2D eigenvalue weighted by Crippen LogP contribution is 2.40. The molecule has 7 heteroatoms. The molecule has 25 heavy (non-hydrogen) atoms. The molecule has 2 aliphatic rings. The van der Waals surface area contributed by atoms with Gasteiger partial charge in [0.15, 0.2) is 11.7 Å². The van der Waals surface area contributed by atoms with E-state index in [4.69, 9.17) is 4.74 Å². The summed E-state index contributed by atoms with van der Waals surface area (Å²) in [5.41, 5.74) is 0.713. The number of phenols is 1. The maximum atomic E-state index is 13.6. The van der Waals surface area contributed by atoms with Gasteiger partial charge < -0.3 is 14.7 Å². The SMILES string of the molecule is CCOC(=O)c1ccc(N2C=C(C#N)C3C=C(F)C(F)=CC32)cc1O. The molecule has 2 unspecified atom stereocenters. The zero-order valence-electron chi connectivity index (χ0n) is 13.2. The molecule has 0 aromatic heterocycles. The minimum absolute atomic E-state index is 0.00198. The molecule has 1 aromatic rings. The Morgan fingerprint density at radius 1 is 1.36 bits per heavy atom. The van der Waals surface area contributed by atoms with Crippen LogP contribution in [0.2, 0.25) is 0 Å². The first kappa shape index (κ1) is 16.7. The number of rotatable bonds is 3. The number of nitrogens with zero attached hydrogens (tertiary/aromatic N) is 2. The second-order valence-corrected chi connectivity index (χ2v) is 5.57. The van der Waals surface area contributed by atoms with Crippen molar-refractivity contribution in [2.75, 3.05) is 11.5 Å². The number of anilines is 1. The van der Waals surface area contributed by atoms with E-state index >= 15 is 0 Å². The average Bonchev–Trinajstić information content (AvgIpc) is 2.93. The van der Waals surface area contributed by atoms with Gasteiger partial charge in [-0.25, -0.2) is 13.6 Å². The number of hydrogen-bond donors (Lipinski definition) is 1. The van der Waals surface area contributed by atoms with Gasteiger partial charge in [-0.2, -0.15) is 5.26 Å². The molecule has 0 bridgehead atoms. The summed E-state index contributed by atoms with van der Waals surface area (Å²) in [6.07, 6.45) is 3.64. The third-order valence-electron chi connectivity index (χ3n) is 4.10. The Labute approximate surface area is 142 Å². The van der Waals surface area contributed by atoms with Gasteiger partial charge in [-0.05, 0) is 31.2 Å². The molecule has 1 heterocycles. The van der Waals surface area contributed by atoms with Crippen molar-refractivity contribution in [1.82, 2.24) is 0 Å².